The summed E-state index contributed by atoms with van der Waals surface area (Å²) in [7, 11) is 1.18. The first kappa shape index (κ1) is 17.0. The molecule has 0 saturated carbocycles. The Balaban J connectivity index is 2.59. The van der Waals surface area contributed by atoms with Crippen LogP contribution in [0, 0.1) is 13.8 Å². The molecule has 0 N–H and O–H groups in total. The van der Waals surface area contributed by atoms with Gasteiger partial charge in [-0.15, -0.1) is 0 Å². The zero-order valence-corrected chi connectivity index (χ0v) is 14.2. The Bertz CT molecular complexity index is 687. The number of anilines is 1. The van der Waals surface area contributed by atoms with Crippen LogP contribution < -0.4 is 4.90 Å². The summed E-state index contributed by atoms with van der Waals surface area (Å²) in [5.41, 5.74) is 1.59. The molecule has 6 nitrogen and oxygen atoms in total. The second-order valence-electron chi connectivity index (χ2n) is 6.62. The lowest BCUT2D eigenvalue weighted by molar-refractivity contribution is -0.140. The fraction of sp³-hybridized carbons (Fsp3) is 0.471. The average Bonchev–Trinajstić information content (AvgIpc) is 2.69. The molecule has 1 atom stereocenters. The van der Waals surface area contributed by atoms with Gasteiger partial charge < -0.3 is 9.47 Å². The quantitative estimate of drug-likeness (QED) is 0.588. The fourth-order valence-corrected chi connectivity index (χ4v) is 2.69. The summed E-state index contributed by atoms with van der Waals surface area (Å²) >= 11 is 0. The van der Waals surface area contributed by atoms with E-state index in [0.717, 1.165) is 10.5 Å². The number of carbonyl (C=O) groups is 3. The van der Waals surface area contributed by atoms with Gasteiger partial charge >= 0.3 is 12.1 Å². The van der Waals surface area contributed by atoms with Crippen molar-refractivity contribution in [1.29, 1.82) is 0 Å². The van der Waals surface area contributed by atoms with Gasteiger partial charge in [0.15, 0.2) is 5.78 Å². The molecule has 23 heavy (non-hydrogen) atoms. The molecule has 1 aliphatic heterocycles. The van der Waals surface area contributed by atoms with Gasteiger partial charge in [-0.2, -0.15) is 0 Å². The highest BCUT2D eigenvalue weighted by atomic mass is 16.6. The number of hydrogen-bond acceptors (Lipinski definition) is 5. The highest BCUT2D eigenvalue weighted by Gasteiger charge is 2.48. The number of amides is 1. The Morgan fingerprint density at radius 3 is 2.30 bits per heavy atom. The molecular weight excluding hydrogens is 298 g/mol. The summed E-state index contributed by atoms with van der Waals surface area (Å²) in [6.07, 6.45) is -0.745. The minimum atomic E-state index is -1.34. The van der Waals surface area contributed by atoms with Crippen LogP contribution in [0.1, 0.15) is 42.3 Å². The lowest BCUT2D eigenvalue weighted by Gasteiger charge is -2.27. The van der Waals surface area contributed by atoms with Gasteiger partial charge in [-0.3, -0.25) is 9.69 Å². The molecule has 0 saturated heterocycles. The van der Waals surface area contributed by atoms with Crippen LogP contribution >= 0.6 is 0 Å². The Morgan fingerprint density at radius 2 is 1.78 bits per heavy atom. The van der Waals surface area contributed by atoms with E-state index in [-0.39, 0.29) is 0 Å². The third-order valence-corrected chi connectivity index (χ3v) is 3.49. The number of nitrogens with zero attached hydrogens (tertiary/aromatic N) is 1. The van der Waals surface area contributed by atoms with Crippen molar-refractivity contribution in [2.45, 2.75) is 46.3 Å². The van der Waals surface area contributed by atoms with Gasteiger partial charge in [0.25, 0.3) is 0 Å². The van der Waals surface area contributed by atoms with Crippen molar-refractivity contribution in [2.24, 2.45) is 0 Å². The zero-order chi connectivity index (χ0) is 17.5. The Hall–Kier alpha value is -2.37. The number of ketones is 1. The number of ether oxygens (including phenoxy) is 2. The molecule has 6 heteroatoms. The first-order chi connectivity index (χ1) is 10.6. The lowest BCUT2D eigenvalue weighted by atomic mass is 10.0. The second-order valence-corrected chi connectivity index (χ2v) is 6.62. The van der Waals surface area contributed by atoms with Crippen LogP contribution in [0.4, 0.5) is 10.5 Å². The molecule has 0 radical (unpaired) electrons. The van der Waals surface area contributed by atoms with Crippen LogP contribution in [0.15, 0.2) is 12.1 Å². The molecule has 0 bridgehead atoms. The molecule has 1 unspecified atom stereocenters. The van der Waals surface area contributed by atoms with E-state index in [4.69, 9.17) is 9.47 Å². The number of aryl methyl sites for hydroxylation is 2. The zero-order valence-electron chi connectivity index (χ0n) is 14.2. The number of rotatable bonds is 1. The predicted octanol–water partition coefficient (Wildman–Crippen LogP) is 2.78. The molecule has 2 rings (SSSR count). The maximum Gasteiger partial charge on any atom is 0.416 e. The van der Waals surface area contributed by atoms with E-state index < -0.39 is 29.5 Å². The number of methoxy groups -OCH3 is 1. The lowest BCUT2D eigenvalue weighted by Crippen LogP contribution is -2.48. The summed E-state index contributed by atoms with van der Waals surface area (Å²) in [6, 6.07) is 2.20. The molecule has 0 fully saturated rings. The molecule has 1 heterocycles. The summed E-state index contributed by atoms with van der Waals surface area (Å²) in [5, 5.41) is 0. The van der Waals surface area contributed by atoms with E-state index in [1.54, 1.807) is 33.8 Å². The number of hydrogen-bond donors (Lipinski definition) is 0. The van der Waals surface area contributed by atoms with E-state index in [9.17, 15) is 14.4 Å². The molecule has 1 amide bonds. The Morgan fingerprint density at radius 1 is 1.17 bits per heavy atom. The summed E-state index contributed by atoms with van der Waals surface area (Å²) in [4.78, 5) is 38.4. The number of esters is 1. The normalized spacial score (nSPS) is 17.0. The summed E-state index contributed by atoms with van der Waals surface area (Å²) in [5.74, 6) is -1.23. The molecular formula is C17H21NO5. The van der Waals surface area contributed by atoms with Crippen molar-refractivity contribution in [1.82, 2.24) is 0 Å². The molecule has 1 aromatic carbocycles. The van der Waals surface area contributed by atoms with Crippen LogP contribution in [0.2, 0.25) is 0 Å². The average molecular weight is 319 g/mol. The minimum Gasteiger partial charge on any atom is -0.467 e. The minimum absolute atomic E-state index is 0.358. The number of Topliss-reactive ketones (excluding diaryl/α,β-unsaturated/α-hetero) is 1. The molecule has 0 aromatic heterocycles. The maximum absolute atomic E-state index is 12.7. The van der Waals surface area contributed by atoms with Gasteiger partial charge in [0.2, 0.25) is 6.04 Å². The van der Waals surface area contributed by atoms with Crippen molar-refractivity contribution >= 4 is 23.5 Å². The third kappa shape index (κ3) is 3.06. The topological polar surface area (TPSA) is 72.9 Å². The van der Waals surface area contributed by atoms with Crippen LogP contribution in [0.3, 0.4) is 0 Å². The molecule has 124 valence electrons. The van der Waals surface area contributed by atoms with Gasteiger partial charge in [0, 0.05) is 5.56 Å². The van der Waals surface area contributed by atoms with Crippen LogP contribution in [-0.2, 0) is 14.3 Å². The second kappa shape index (κ2) is 5.68. The van der Waals surface area contributed by atoms with Crippen molar-refractivity contribution in [3.8, 4) is 0 Å². The molecule has 0 spiro atoms. The van der Waals surface area contributed by atoms with E-state index in [1.807, 2.05) is 13.0 Å². The highest BCUT2D eigenvalue weighted by molar-refractivity contribution is 6.26. The van der Waals surface area contributed by atoms with Gasteiger partial charge in [-0.1, -0.05) is 6.07 Å². The number of benzene rings is 1. The Kier molecular flexibility index (Phi) is 4.20. The maximum atomic E-state index is 12.7. The van der Waals surface area contributed by atoms with Crippen molar-refractivity contribution < 1.29 is 23.9 Å². The van der Waals surface area contributed by atoms with Gasteiger partial charge in [0.05, 0.1) is 12.8 Å². The molecule has 0 aliphatic carbocycles. The first-order valence-corrected chi connectivity index (χ1v) is 7.32. The third-order valence-electron chi connectivity index (χ3n) is 3.49. The number of carbonyl (C=O) groups excluding carboxylic acids is 3. The molecule has 1 aliphatic rings. The predicted molar refractivity (Wildman–Crippen MR) is 84.8 cm³/mol. The molecule has 1 aromatic rings. The van der Waals surface area contributed by atoms with Crippen molar-refractivity contribution in [2.75, 3.05) is 12.0 Å². The van der Waals surface area contributed by atoms with Gasteiger partial charge in [-0.05, 0) is 51.8 Å². The van der Waals surface area contributed by atoms with E-state index in [1.165, 1.54) is 7.11 Å². The fourth-order valence-electron chi connectivity index (χ4n) is 2.69. The van der Waals surface area contributed by atoms with Gasteiger partial charge in [0.1, 0.15) is 5.60 Å². The van der Waals surface area contributed by atoms with Crippen LogP contribution in [-0.4, -0.2) is 36.6 Å². The van der Waals surface area contributed by atoms with E-state index in [0.29, 0.717) is 16.8 Å². The van der Waals surface area contributed by atoms with E-state index in [2.05, 4.69) is 0 Å². The summed E-state index contributed by atoms with van der Waals surface area (Å²) < 4.78 is 10.1. The largest absolute Gasteiger partial charge is 0.467 e. The van der Waals surface area contributed by atoms with Crippen molar-refractivity contribution in [3.05, 3.63) is 28.8 Å². The number of fused-ring (bicyclic) bond motifs is 1. The highest BCUT2D eigenvalue weighted by Crippen LogP contribution is 2.37. The SMILES string of the molecule is COC(=O)C1C(=O)c2c(C)cc(C)cc2N1C(=O)OC(C)(C)C. The standard InChI is InChI=1S/C17H21NO5/c1-9-7-10(2)12-11(8-9)18(16(21)23-17(3,4)5)13(14(12)19)15(20)22-6/h7-8,13H,1-6H3. The first-order valence-electron chi connectivity index (χ1n) is 7.32. The summed E-state index contributed by atoms with van der Waals surface area (Å²) in [6.45, 7) is 8.79. The van der Waals surface area contributed by atoms with Crippen LogP contribution in [0.5, 0.6) is 0 Å². The van der Waals surface area contributed by atoms with Gasteiger partial charge in [-0.25, -0.2) is 9.59 Å². The smallest absolute Gasteiger partial charge is 0.416 e. The Labute approximate surface area is 135 Å². The monoisotopic (exact) mass is 319 g/mol. The van der Waals surface area contributed by atoms with Crippen molar-refractivity contribution in [3.63, 3.8) is 0 Å². The van der Waals surface area contributed by atoms with Crippen LogP contribution in [0.25, 0.3) is 0 Å². The van der Waals surface area contributed by atoms with E-state index >= 15 is 0 Å².